The van der Waals surface area contributed by atoms with Crippen LogP contribution in [0.4, 0.5) is 0 Å². The van der Waals surface area contributed by atoms with Crippen molar-refractivity contribution in [2.24, 2.45) is 5.73 Å². The molecule has 1 atom stereocenters. The van der Waals surface area contributed by atoms with Gasteiger partial charge in [-0.1, -0.05) is 12.1 Å². The zero-order valence-corrected chi connectivity index (χ0v) is 7.58. The lowest BCUT2D eigenvalue weighted by Crippen LogP contribution is -2.06. The smallest absolute Gasteiger partial charge is 0.118 e. The molecular formula is C9H8ClN3. The van der Waals surface area contributed by atoms with E-state index in [1.807, 2.05) is 12.1 Å². The SMILES string of the molecule is Cl.N#Cc1ccc(C(N)C#N)cc1. The van der Waals surface area contributed by atoms with E-state index in [0.29, 0.717) is 5.56 Å². The van der Waals surface area contributed by atoms with Crippen LogP contribution in [0.5, 0.6) is 0 Å². The number of halogens is 1. The summed E-state index contributed by atoms with van der Waals surface area (Å²) < 4.78 is 0. The number of benzene rings is 1. The van der Waals surface area contributed by atoms with E-state index in [2.05, 4.69) is 0 Å². The lowest BCUT2D eigenvalue weighted by molar-refractivity contribution is 0.926. The first-order valence-corrected chi connectivity index (χ1v) is 3.43. The summed E-state index contributed by atoms with van der Waals surface area (Å²) in [5.41, 5.74) is 6.75. The number of nitrogens with two attached hydrogens (primary N) is 1. The Balaban J connectivity index is 0.00000144. The zero-order chi connectivity index (χ0) is 8.97. The lowest BCUT2D eigenvalue weighted by Gasteiger charge is -2.00. The van der Waals surface area contributed by atoms with Crippen molar-refractivity contribution in [2.45, 2.75) is 6.04 Å². The molecule has 1 aromatic rings. The minimum atomic E-state index is -0.599. The Kier molecular flexibility index (Phi) is 4.54. The third-order valence-corrected chi connectivity index (χ3v) is 1.54. The second-order valence-electron chi connectivity index (χ2n) is 2.34. The highest BCUT2D eigenvalue weighted by Crippen LogP contribution is 2.09. The molecule has 66 valence electrons. The van der Waals surface area contributed by atoms with Gasteiger partial charge in [-0.25, -0.2) is 0 Å². The maximum Gasteiger partial charge on any atom is 0.118 e. The van der Waals surface area contributed by atoms with Gasteiger partial charge in [-0.3, -0.25) is 0 Å². The quantitative estimate of drug-likeness (QED) is 0.735. The highest BCUT2D eigenvalue weighted by Gasteiger charge is 2.02. The monoisotopic (exact) mass is 193 g/mol. The van der Waals surface area contributed by atoms with Crippen molar-refractivity contribution in [3.8, 4) is 12.1 Å². The fourth-order valence-electron chi connectivity index (χ4n) is 0.840. The summed E-state index contributed by atoms with van der Waals surface area (Å²) in [4.78, 5) is 0. The van der Waals surface area contributed by atoms with Crippen LogP contribution in [-0.2, 0) is 0 Å². The van der Waals surface area contributed by atoms with E-state index in [1.54, 1.807) is 24.3 Å². The third kappa shape index (κ3) is 2.76. The molecule has 0 heterocycles. The molecule has 2 N–H and O–H groups in total. The van der Waals surface area contributed by atoms with Crippen molar-refractivity contribution in [2.75, 3.05) is 0 Å². The standard InChI is InChI=1S/C9H7N3.ClH/c10-5-7-1-3-8(4-2-7)9(12)6-11;/h1-4,9H,12H2;1H. The van der Waals surface area contributed by atoms with Crippen molar-refractivity contribution < 1.29 is 0 Å². The molecule has 1 aromatic carbocycles. The predicted octanol–water partition coefficient (Wildman–Crippen LogP) is 1.50. The molecule has 0 spiro atoms. The number of rotatable bonds is 1. The lowest BCUT2D eigenvalue weighted by atomic mass is 10.1. The van der Waals surface area contributed by atoms with Crippen LogP contribution in [-0.4, -0.2) is 0 Å². The molecule has 0 radical (unpaired) electrons. The Hall–Kier alpha value is -1.55. The summed E-state index contributed by atoms with van der Waals surface area (Å²) in [7, 11) is 0. The maximum absolute atomic E-state index is 8.48. The van der Waals surface area contributed by atoms with Crippen LogP contribution in [0, 0.1) is 22.7 Å². The second kappa shape index (κ2) is 5.16. The number of hydrogen-bond donors (Lipinski definition) is 1. The molecule has 0 bridgehead atoms. The second-order valence-corrected chi connectivity index (χ2v) is 2.34. The topological polar surface area (TPSA) is 73.6 Å². The van der Waals surface area contributed by atoms with Gasteiger partial charge in [0, 0.05) is 0 Å². The van der Waals surface area contributed by atoms with Gasteiger partial charge >= 0.3 is 0 Å². The van der Waals surface area contributed by atoms with Crippen LogP contribution in [0.1, 0.15) is 17.2 Å². The molecule has 0 fully saturated rings. The van der Waals surface area contributed by atoms with Crippen molar-refractivity contribution in [3.05, 3.63) is 35.4 Å². The minimum absolute atomic E-state index is 0. The van der Waals surface area contributed by atoms with Gasteiger partial charge in [0.15, 0.2) is 0 Å². The summed E-state index contributed by atoms with van der Waals surface area (Å²) >= 11 is 0. The summed E-state index contributed by atoms with van der Waals surface area (Å²) in [5, 5.41) is 17.0. The van der Waals surface area contributed by atoms with Gasteiger partial charge in [0.2, 0.25) is 0 Å². The average molecular weight is 194 g/mol. The fourth-order valence-corrected chi connectivity index (χ4v) is 0.840. The van der Waals surface area contributed by atoms with Gasteiger partial charge < -0.3 is 5.73 Å². The molecule has 0 aliphatic carbocycles. The highest BCUT2D eigenvalue weighted by molar-refractivity contribution is 5.85. The van der Waals surface area contributed by atoms with E-state index < -0.39 is 6.04 Å². The van der Waals surface area contributed by atoms with Crippen molar-refractivity contribution in [1.82, 2.24) is 0 Å². The van der Waals surface area contributed by atoms with Crippen molar-refractivity contribution in [3.63, 3.8) is 0 Å². The Labute approximate surface area is 82.8 Å². The molecule has 1 unspecified atom stereocenters. The molecule has 0 saturated carbocycles. The fraction of sp³-hybridized carbons (Fsp3) is 0.111. The average Bonchev–Trinajstić information content (AvgIpc) is 2.17. The highest BCUT2D eigenvalue weighted by atomic mass is 35.5. The minimum Gasteiger partial charge on any atom is -0.312 e. The van der Waals surface area contributed by atoms with Gasteiger partial charge in [0.1, 0.15) is 6.04 Å². The number of hydrogen-bond acceptors (Lipinski definition) is 3. The molecule has 0 aliphatic rings. The van der Waals surface area contributed by atoms with Crippen LogP contribution >= 0.6 is 12.4 Å². The third-order valence-electron chi connectivity index (χ3n) is 1.54. The molecular weight excluding hydrogens is 186 g/mol. The van der Waals surface area contributed by atoms with Crippen LogP contribution < -0.4 is 5.73 Å². The molecule has 0 amide bonds. The van der Waals surface area contributed by atoms with Gasteiger partial charge in [-0.2, -0.15) is 10.5 Å². The first kappa shape index (κ1) is 11.4. The maximum atomic E-state index is 8.48. The largest absolute Gasteiger partial charge is 0.312 e. The van der Waals surface area contributed by atoms with E-state index in [4.69, 9.17) is 16.3 Å². The van der Waals surface area contributed by atoms with Gasteiger partial charge in [0.05, 0.1) is 17.7 Å². The Morgan fingerprint density at radius 2 is 1.69 bits per heavy atom. The van der Waals surface area contributed by atoms with Gasteiger partial charge in [-0.05, 0) is 17.7 Å². The molecule has 0 aliphatic heterocycles. The molecule has 0 aromatic heterocycles. The summed E-state index contributed by atoms with van der Waals surface area (Å²) in [6.45, 7) is 0. The summed E-state index contributed by atoms with van der Waals surface area (Å²) in [6, 6.07) is 9.97. The van der Waals surface area contributed by atoms with E-state index in [0.717, 1.165) is 5.56 Å². The molecule has 4 heteroatoms. The number of nitrogens with zero attached hydrogens (tertiary/aromatic N) is 2. The van der Waals surface area contributed by atoms with Crippen LogP contribution in [0.3, 0.4) is 0 Å². The van der Waals surface area contributed by atoms with Gasteiger partial charge in [0.25, 0.3) is 0 Å². The van der Waals surface area contributed by atoms with E-state index in [1.165, 1.54) is 0 Å². The Morgan fingerprint density at radius 3 is 2.08 bits per heavy atom. The molecule has 1 rings (SSSR count). The molecule has 0 saturated heterocycles. The summed E-state index contributed by atoms with van der Waals surface area (Å²) in [5.74, 6) is 0. The molecule has 3 nitrogen and oxygen atoms in total. The predicted molar refractivity (Wildman–Crippen MR) is 50.9 cm³/mol. The van der Waals surface area contributed by atoms with E-state index >= 15 is 0 Å². The van der Waals surface area contributed by atoms with Crippen LogP contribution in [0.15, 0.2) is 24.3 Å². The Bertz CT molecular complexity index is 345. The zero-order valence-electron chi connectivity index (χ0n) is 6.77. The Morgan fingerprint density at radius 1 is 1.15 bits per heavy atom. The van der Waals surface area contributed by atoms with Gasteiger partial charge in [-0.15, -0.1) is 12.4 Å². The first-order chi connectivity index (χ1) is 5.77. The van der Waals surface area contributed by atoms with Crippen LogP contribution in [0.2, 0.25) is 0 Å². The van der Waals surface area contributed by atoms with Crippen molar-refractivity contribution >= 4 is 12.4 Å². The molecule has 13 heavy (non-hydrogen) atoms. The van der Waals surface area contributed by atoms with Crippen molar-refractivity contribution in [1.29, 1.82) is 10.5 Å². The normalized spacial score (nSPS) is 10.4. The first-order valence-electron chi connectivity index (χ1n) is 3.43. The van der Waals surface area contributed by atoms with E-state index in [-0.39, 0.29) is 12.4 Å². The number of nitriles is 2. The van der Waals surface area contributed by atoms with E-state index in [9.17, 15) is 0 Å². The van der Waals surface area contributed by atoms with Crippen LogP contribution in [0.25, 0.3) is 0 Å². The summed E-state index contributed by atoms with van der Waals surface area (Å²) in [6.07, 6.45) is 0.